The summed E-state index contributed by atoms with van der Waals surface area (Å²) in [6.45, 7) is 6.21. The summed E-state index contributed by atoms with van der Waals surface area (Å²) in [6.07, 6.45) is -0.689. The molecule has 1 aromatic rings. The molecule has 2 fully saturated rings. The van der Waals surface area contributed by atoms with Crippen LogP contribution < -0.4 is 5.32 Å². The number of benzene rings is 1. The van der Waals surface area contributed by atoms with Gasteiger partial charge >= 0.3 is 6.03 Å². The fourth-order valence-corrected chi connectivity index (χ4v) is 3.36. The Kier molecular flexibility index (Phi) is 5.24. The van der Waals surface area contributed by atoms with E-state index in [0.717, 1.165) is 5.56 Å². The van der Waals surface area contributed by atoms with Crippen LogP contribution in [-0.4, -0.2) is 71.8 Å². The van der Waals surface area contributed by atoms with Gasteiger partial charge in [0.05, 0.1) is 25.4 Å². The number of rotatable bonds is 3. The third kappa shape index (κ3) is 4.29. The maximum Gasteiger partial charge on any atom is 0.318 e. The summed E-state index contributed by atoms with van der Waals surface area (Å²) in [5.74, 6) is -0.0659. The van der Waals surface area contributed by atoms with Crippen molar-refractivity contribution in [3.8, 4) is 0 Å². The normalized spacial score (nSPS) is 23.9. The van der Waals surface area contributed by atoms with Gasteiger partial charge in [-0.3, -0.25) is 4.79 Å². The molecule has 3 rings (SSSR count). The fraction of sp³-hybridized carbons (Fsp3) is 0.556. The predicted molar refractivity (Wildman–Crippen MR) is 92.1 cm³/mol. The SMILES string of the molecule is Cc1cc(C)cc(CN2CCN(C(=O)N[C@H]3COC[C@@H]3O)CC2=O)c1. The second kappa shape index (κ2) is 7.41. The quantitative estimate of drug-likeness (QED) is 0.830. The van der Waals surface area contributed by atoms with Crippen LogP contribution in [0.3, 0.4) is 0 Å². The number of aryl methyl sites for hydroxylation is 2. The van der Waals surface area contributed by atoms with Gasteiger partial charge in [0.2, 0.25) is 5.91 Å². The van der Waals surface area contributed by atoms with E-state index in [1.54, 1.807) is 4.90 Å². The smallest absolute Gasteiger partial charge is 0.318 e. The molecule has 2 N–H and O–H groups in total. The number of hydrogen-bond acceptors (Lipinski definition) is 4. The minimum absolute atomic E-state index is 0.0559. The van der Waals surface area contributed by atoms with Gasteiger partial charge in [0, 0.05) is 19.6 Å². The molecular weight excluding hydrogens is 322 g/mol. The predicted octanol–water partition coefficient (Wildman–Crippen LogP) is 0.417. The molecule has 0 unspecified atom stereocenters. The van der Waals surface area contributed by atoms with Gasteiger partial charge in [-0.25, -0.2) is 4.79 Å². The highest BCUT2D eigenvalue weighted by Gasteiger charge is 2.32. The van der Waals surface area contributed by atoms with E-state index in [1.165, 1.54) is 16.0 Å². The fourth-order valence-electron chi connectivity index (χ4n) is 3.36. The number of ether oxygens (including phenoxy) is 1. The van der Waals surface area contributed by atoms with Crippen molar-refractivity contribution >= 4 is 11.9 Å². The summed E-state index contributed by atoms with van der Waals surface area (Å²) in [6, 6.07) is 5.54. The Morgan fingerprint density at radius 3 is 2.56 bits per heavy atom. The molecule has 3 amide bonds. The number of aliphatic hydroxyl groups is 1. The van der Waals surface area contributed by atoms with E-state index in [0.29, 0.717) is 26.2 Å². The topological polar surface area (TPSA) is 82.1 Å². The second-order valence-corrected chi connectivity index (χ2v) is 6.89. The van der Waals surface area contributed by atoms with E-state index in [4.69, 9.17) is 4.74 Å². The first kappa shape index (κ1) is 17.7. The number of carbonyl (C=O) groups excluding carboxylic acids is 2. The third-order valence-corrected chi connectivity index (χ3v) is 4.62. The number of nitrogens with one attached hydrogen (secondary N) is 1. The van der Waals surface area contributed by atoms with Crippen molar-refractivity contribution < 1.29 is 19.4 Å². The van der Waals surface area contributed by atoms with E-state index >= 15 is 0 Å². The number of hydrogen-bond donors (Lipinski definition) is 2. The highest BCUT2D eigenvalue weighted by molar-refractivity contribution is 5.85. The molecule has 25 heavy (non-hydrogen) atoms. The standard InChI is InChI=1S/C18H25N3O4/c1-12-5-13(2)7-14(6-12)8-20-3-4-21(9-17(20)23)18(24)19-15-10-25-11-16(15)22/h5-7,15-16,22H,3-4,8-11H2,1-2H3,(H,19,24)/t15-,16-/m0/s1. The molecule has 0 saturated carbocycles. The number of carbonyl (C=O) groups is 2. The second-order valence-electron chi connectivity index (χ2n) is 6.89. The first-order valence-electron chi connectivity index (χ1n) is 8.58. The zero-order valence-corrected chi connectivity index (χ0v) is 14.7. The summed E-state index contributed by atoms with van der Waals surface area (Å²) in [5, 5.41) is 12.4. The van der Waals surface area contributed by atoms with Crippen LogP contribution in [0, 0.1) is 13.8 Å². The van der Waals surface area contributed by atoms with Crippen molar-refractivity contribution in [2.45, 2.75) is 32.5 Å². The molecule has 2 aliphatic heterocycles. The Morgan fingerprint density at radius 1 is 1.24 bits per heavy atom. The average molecular weight is 347 g/mol. The number of amides is 3. The summed E-state index contributed by atoms with van der Waals surface area (Å²) in [7, 11) is 0. The molecule has 7 heteroatoms. The molecule has 2 atom stereocenters. The molecule has 136 valence electrons. The first-order chi connectivity index (χ1) is 11.9. The van der Waals surface area contributed by atoms with Crippen molar-refractivity contribution in [1.82, 2.24) is 15.1 Å². The van der Waals surface area contributed by atoms with E-state index in [-0.39, 0.29) is 25.1 Å². The molecule has 0 radical (unpaired) electrons. The number of urea groups is 1. The molecule has 2 aliphatic rings. The van der Waals surface area contributed by atoms with Crippen molar-refractivity contribution in [3.63, 3.8) is 0 Å². The summed E-state index contributed by atoms with van der Waals surface area (Å²) >= 11 is 0. The molecule has 0 bridgehead atoms. The number of piperazine rings is 1. The molecule has 0 spiro atoms. The number of aliphatic hydroxyl groups excluding tert-OH is 1. The highest BCUT2D eigenvalue weighted by Crippen LogP contribution is 2.14. The van der Waals surface area contributed by atoms with E-state index in [1.807, 2.05) is 13.8 Å². The van der Waals surface area contributed by atoms with E-state index in [9.17, 15) is 14.7 Å². The van der Waals surface area contributed by atoms with Crippen LogP contribution in [0.15, 0.2) is 18.2 Å². The van der Waals surface area contributed by atoms with Crippen LogP contribution in [0.1, 0.15) is 16.7 Å². The van der Waals surface area contributed by atoms with Crippen molar-refractivity contribution in [2.75, 3.05) is 32.8 Å². The molecule has 0 aliphatic carbocycles. The van der Waals surface area contributed by atoms with Gasteiger partial charge in [-0.2, -0.15) is 0 Å². The van der Waals surface area contributed by atoms with Gasteiger partial charge in [0.15, 0.2) is 0 Å². The van der Waals surface area contributed by atoms with Gasteiger partial charge in [0.25, 0.3) is 0 Å². The van der Waals surface area contributed by atoms with Crippen molar-refractivity contribution in [1.29, 1.82) is 0 Å². The zero-order valence-electron chi connectivity index (χ0n) is 14.7. The summed E-state index contributed by atoms with van der Waals surface area (Å²) in [5.41, 5.74) is 3.46. The van der Waals surface area contributed by atoms with E-state index < -0.39 is 12.1 Å². The van der Waals surface area contributed by atoms with Gasteiger partial charge in [-0.05, 0) is 19.4 Å². The molecule has 1 aromatic carbocycles. The summed E-state index contributed by atoms with van der Waals surface area (Å²) < 4.78 is 5.12. The van der Waals surface area contributed by atoms with Crippen LogP contribution in [-0.2, 0) is 16.1 Å². The Hall–Kier alpha value is -2.12. The highest BCUT2D eigenvalue weighted by atomic mass is 16.5. The summed E-state index contributed by atoms with van der Waals surface area (Å²) in [4.78, 5) is 28.0. The van der Waals surface area contributed by atoms with Gasteiger partial charge in [-0.1, -0.05) is 29.3 Å². The monoisotopic (exact) mass is 347 g/mol. The Bertz CT molecular complexity index is 643. The van der Waals surface area contributed by atoms with Crippen LogP contribution >= 0.6 is 0 Å². The van der Waals surface area contributed by atoms with Crippen LogP contribution in [0.2, 0.25) is 0 Å². The Morgan fingerprint density at radius 2 is 1.96 bits per heavy atom. The van der Waals surface area contributed by atoms with Crippen LogP contribution in [0.5, 0.6) is 0 Å². The lowest BCUT2D eigenvalue weighted by molar-refractivity contribution is -0.135. The molecule has 2 saturated heterocycles. The molecule has 2 heterocycles. The van der Waals surface area contributed by atoms with Crippen LogP contribution in [0.4, 0.5) is 4.79 Å². The third-order valence-electron chi connectivity index (χ3n) is 4.62. The maximum absolute atomic E-state index is 12.4. The van der Waals surface area contributed by atoms with Gasteiger partial charge in [-0.15, -0.1) is 0 Å². The van der Waals surface area contributed by atoms with Crippen molar-refractivity contribution in [2.24, 2.45) is 0 Å². The molecular formula is C18H25N3O4. The van der Waals surface area contributed by atoms with E-state index in [2.05, 4.69) is 23.5 Å². The minimum atomic E-state index is -0.689. The lowest BCUT2D eigenvalue weighted by Gasteiger charge is -2.35. The molecule has 0 aromatic heterocycles. The zero-order chi connectivity index (χ0) is 18.0. The average Bonchev–Trinajstić information content (AvgIpc) is 2.93. The Balaban J connectivity index is 1.55. The first-order valence-corrected chi connectivity index (χ1v) is 8.58. The number of nitrogens with zero attached hydrogens (tertiary/aromatic N) is 2. The van der Waals surface area contributed by atoms with Gasteiger partial charge in [0.1, 0.15) is 6.54 Å². The lowest BCUT2D eigenvalue weighted by atomic mass is 10.1. The Labute approximate surface area is 147 Å². The van der Waals surface area contributed by atoms with Crippen LogP contribution in [0.25, 0.3) is 0 Å². The lowest BCUT2D eigenvalue weighted by Crippen LogP contribution is -2.56. The van der Waals surface area contributed by atoms with Gasteiger partial charge < -0.3 is 25.0 Å². The maximum atomic E-state index is 12.4. The molecule has 7 nitrogen and oxygen atoms in total. The largest absolute Gasteiger partial charge is 0.388 e. The minimum Gasteiger partial charge on any atom is -0.388 e. The van der Waals surface area contributed by atoms with Crippen molar-refractivity contribution in [3.05, 3.63) is 34.9 Å².